The highest BCUT2D eigenvalue weighted by molar-refractivity contribution is 5.31. The van der Waals surface area contributed by atoms with Gasteiger partial charge < -0.3 is 9.84 Å². The molecule has 0 aromatic heterocycles. The zero-order valence-corrected chi connectivity index (χ0v) is 12.3. The van der Waals surface area contributed by atoms with Gasteiger partial charge in [0.1, 0.15) is 18.1 Å². The van der Waals surface area contributed by atoms with Crippen LogP contribution in [0.2, 0.25) is 0 Å². The van der Waals surface area contributed by atoms with Crippen molar-refractivity contribution in [2.45, 2.75) is 44.6 Å². The zero-order valence-electron chi connectivity index (χ0n) is 12.3. The summed E-state index contributed by atoms with van der Waals surface area (Å²) in [6.45, 7) is 0.565. The molecular weight excluding hydrogens is 260 g/mol. The number of phenolic OH excluding ortho intramolecular Hbond substituents is 1. The predicted octanol–water partition coefficient (Wildman–Crippen LogP) is 5.02. The van der Waals surface area contributed by atoms with Crippen molar-refractivity contribution < 1.29 is 9.84 Å². The van der Waals surface area contributed by atoms with Gasteiger partial charge in [0, 0.05) is 0 Å². The Bertz CT molecular complexity index is 551. The van der Waals surface area contributed by atoms with Gasteiger partial charge in [-0.2, -0.15) is 0 Å². The van der Waals surface area contributed by atoms with Gasteiger partial charge in [0.2, 0.25) is 0 Å². The van der Waals surface area contributed by atoms with E-state index in [0.717, 1.165) is 11.7 Å². The lowest BCUT2D eigenvalue weighted by molar-refractivity contribution is 0.305. The molecule has 0 aliphatic heterocycles. The van der Waals surface area contributed by atoms with E-state index >= 15 is 0 Å². The van der Waals surface area contributed by atoms with E-state index in [1.807, 2.05) is 0 Å². The Labute approximate surface area is 126 Å². The summed E-state index contributed by atoms with van der Waals surface area (Å²) in [7, 11) is 0. The molecular formula is C19H22O2. The van der Waals surface area contributed by atoms with Gasteiger partial charge in [0.05, 0.1) is 0 Å². The van der Waals surface area contributed by atoms with Crippen LogP contribution in [0.5, 0.6) is 11.5 Å². The molecule has 0 unspecified atom stereocenters. The summed E-state index contributed by atoms with van der Waals surface area (Å²) >= 11 is 0. The molecule has 1 fully saturated rings. The summed E-state index contributed by atoms with van der Waals surface area (Å²) in [5, 5.41) is 9.24. The number of phenols is 1. The monoisotopic (exact) mass is 282 g/mol. The van der Waals surface area contributed by atoms with E-state index in [0.29, 0.717) is 6.61 Å². The SMILES string of the molecule is Oc1ccc(OCc2ccc(C3CCCCC3)cc2)cc1. The van der Waals surface area contributed by atoms with Crippen LogP contribution >= 0.6 is 0 Å². The van der Waals surface area contributed by atoms with E-state index in [-0.39, 0.29) is 5.75 Å². The third kappa shape index (κ3) is 3.78. The summed E-state index contributed by atoms with van der Waals surface area (Å²) in [5.41, 5.74) is 2.66. The van der Waals surface area contributed by atoms with Crippen LogP contribution in [0.4, 0.5) is 0 Å². The van der Waals surface area contributed by atoms with E-state index in [1.54, 1.807) is 24.3 Å². The second-order valence-electron chi connectivity index (χ2n) is 5.86. The number of ether oxygens (including phenoxy) is 1. The first-order valence-corrected chi connectivity index (χ1v) is 7.82. The van der Waals surface area contributed by atoms with Gasteiger partial charge in [0.25, 0.3) is 0 Å². The maximum absolute atomic E-state index is 9.24. The van der Waals surface area contributed by atoms with Crippen molar-refractivity contribution >= 4 is 0 Å². The molecule has 110 valence electrons. The van der Waals surface area contributed by atoms with Crippen LogP contribution in [0.1, 0.15) is 49.1 Å². The molecule has 0 spiro atoms. The number of aromatic hydroxyl groups is 1. The molecule has 2 aromatic rings. The Hall–Kier alpha value is -1.96. The lowest BCUT2D eigenvalue weighted by atomic mass is 9.84. The lowest BCUT2D eigenvalue weighted by Crippen LogP contribution is -2.04. The predicted molar refractivity (Wildman–Crippen MR) is 84.7 cm³/mol. The van der Waals surface area contributed by atoms with Crippen molar-refractivity contribution in [2.75, 3.05) is 0 Å². The molecule has 1 aliphatic rings. The van der Waals surface area contributed by atoms with E-state index in [2.05, 4.69) is 24.3 Å². The second-order valence-corrected chi connectivity index (χ2v) is 5.86. The highest BCUT2D eigenvalue weighted by Crippen LogP contribution is 2.32. The Balaban J connectivity index is 1.57. The van der Waals surface area contributed by atoms with Crippen LogP contribution in [0.25, 0.3) is 0 Å². The Morgan fingerprint density at radius 1 is 0.857 bits per heavy atom. The molecule has 0 amide bonds. The lowest BCUT2D eigenvalue weighted by Gasteiger charge is -2.22. The van der Waals surface area contributed by atoms with Crippen LogP contribution in [0.15, 0.2) is 48.5 Å². The molecule has 0 bridgehead atoms. The molecule has 1 saturated carbocycles. The Morgan fingerprint density at radius 3 is 2.19 bits per heavy atom. The summed E-state index contributed by atoms with van der Waals surface area (Å²) in [4.78, 5) is 0. The minimum Gasteiger partial charge on any atom is -0.508 e. The van der Waals surface area contributed by atoms with E-state index in [4.69, 9.17) is 4.74 Å². The van der Waals surface area contributed by atoms with Crippen molar-refractivity contribution in [3.63, 3.8) is 0 Å². The van der Waals surface area contributed by atoms with Gasteiger partial charge in [-0.1, -0.05) is 43.5 Å². The van der Waals surface area contributed by atoms with Gasteiger partial charge in [-0.05, 0) is 54.2 Å². The van der Waals surface area contributed by atoms with Crippen LogP contribution in [-0.2, 0) is 6.61 Å². The van der Waals surface area contributed by atoms with Crippen LogP contribution in [0.3, 0.4) is 0 Å². The van der Waals surface area contributed by atoms with Crippen molar-refractivity contribution in [1.82, 2.24) is 0 Å². The third-order valence-electron chi connectivity index (χ3n) is 4.30. The molecule has 0 heterocycles. The molecule has 21 heavy (non-hydrogen) atoms. The van der Waals surface area contributed by atoms with E-state index in [1.165, 1.54) is 43.2 Å². The maximum Gasteiger partial charge on any atom is 0.120 e. The third-order valence-corrected chi connectivity index (χ3v) is 4.30. The summed E-state index contributed by atoms with van der Waals surface area (Å²) < 4.78 is 5.72. The van der Waals surface area contributed by atoms with Crippen molar-refractivity contribution in [1.29, 1.82) is 0 Å². The van der Waals surface area contributed by atoms with Gasteiger partial charge in [-0.25, -0.2) is 0 Å². The molecule has 2 aromatic carbocycles. The van der Waals surface area contributed by atoms with Crippen LogP contribution < -0.4 is 4.74 Å². The van der Waals surface area contributed by atoms with Crippen molar-refractivity contribution in [3.05, 3.63) is 59.7 Å². The number of rotatable bonds is 4. The van der Waals surface area contributed by atoms with Crippen molar-refractivity contribution in [3.8, 4) is 11.5 Å². The molecule has 0 saturated heterocycles. The average Bonchev–Trinajstić information content (AvgIpc) is 2.56. The van der Waals surface area contributed by atoms with Crippen LogP contribution in [-0.4, -0.2) is 5.11 Å². The van der Waals surface area contributed by atoms with Gasteiger partial charge >= 0.3 is 0 Å². The largest absolute Gasteiger partial charge is 0.508 e. The topological polar surface area (TPSA) is 29.5 Å². The first kappa shape index (κ1) is 14.0. The standard InChI is InChI=1S/C19H22O2/c20-18-10-12-19(13-11-18)21-14-15-6-8-17(9-7-15)16-4-2-1-3-5-16/h6-13,16,20H,1-5,14H2. The molecule has 1 N–H and O–H groups in total. The van der Waals surface area contributed by atoms with E-state index in [9.17, 15) is 5.11 Å². The first-order valence-electron chi connectivity index (χ1n) is 7.82. The Morgan fingerprint density at radius 2 is 1.52 bits per heavy atom. The molecule has 1 aliphatic carbocycles. The molecule has 2 heteroatoms. The summed E-state index contributed by atoms with van der Waals surface area (Å²) in [6, 6.07) is 15.7. The first-order chi connectivity index (χ1) is 10.3. The summed E-state index contributed by atoms with van der Waals surface area (Å²) in [6.07, 6.45) is 6.81. The quantitative estimate of drug-likeness (QED) is 0.853. The van der Waals surface area contributed by atoms with Crippen molar-refractivity contribution in [2.24, 2.45) is 0 Å². The highest BCUT2D eigenvalue weighted by Gasteiger charge is 2.14. The van der Waals surface area contributed by atoms with Gasteiger partial charge in [0.15, 0.2) is 0 Å². The molecule has 2 nitrogen and oxygen atoms in total. The minimum atomic E-state index is 0.263. The minimum absolute atomic E-state index is 0.263. The summed E-state index contributed by atoms with van der Waals surface area (Å²) in [5.74, 6) is 1.80. The molecule has 0 atom stereocenters. The van der Waals surface area contributed by atoms with E-state index < -0.39 is 0 Å². The van der Waals surface area contributed by atoms with Crippen LogP contribution in [0, 0.1) is 0 Å². The molecule has 0 radical (unpaired) electrons. The fraction of sp³-hybridized carbons (Fsp3) is 0.368. The molecule has 3 rings (SSSR count). The van der Waals surface area contributed by atoms with Gasteiger partial charge in [-0.3, -0.25) is 0 Å². The van der Waals surface area contributed by atoms with Gasteiger partial charge in [-0.15, -0.1) is 0 Å². The normalized spacial score (nSPS) is 15.8. The second kappa shape index (κ2) is 6.66. The number of hydrogen-bond acceptors (Lipinski definition) is 2. The zero-order chi connectivity index (χ0) is 14.5. The number of hydrogen-bond donors (Lipinski definition) is 1. The smallest absolute Gasteiger partial charge is 0.120 e. The Kier molecular flexibility index (Phi) is 4.44. The number of benzene rings is 2. The average molecular weight is 282 g/mol. The fourth-order valence-electron chi connectivity index (χ4n) is 3.03. The maximum atomic E-state index is 9.24. The fourth-order valence-corrected chi connectivity index (χ4v) is 3.03. The highest BCUT2D eigenvalue weighted by atomic mass is 16.5.